The summed E-state index contributed by atoms with van der Waals surface area (Å²) in [5.74, 6) is 0.452. The summed E-state index contributed by atoms with van der Waals surface area (Å²) in [6, 6.07) is 8.93. The second-order valence-electron chi connectivity index (χ2n) is 7.26. The zero-order valence-electron chi connectivity index (χ0n) is 15.3. The minimum atomic E-state index is -1.11. The van der Waals surface area contributed by atoms with Crippen molar-refractivity contribution in [2.24, 2.45) is 0 Å². The predicted octanol–water partition coefficient (Wildman–Crippen LogP) is 2.79. The molecule has 0 spiro atoms. The number of fused-ring (bicyclic) bond motifs is 1. The van der Waals surface area contributed by atoms with E-state index in [2.05, 4.69) is 21.6 Å². The number of furan rings is 1. The van der Waals surface area contributed by atoms with Crippen LogP contribution < -0.4 is 5.32 Å². The van der Waals surface area contributed by atoms with E-state index in [0.717, 1.165) is 29.7 Å². The van der Waals surface area contributed by atoms with Gasteiger partial charge in [0.25, 0.3) is 11.8 Å². The molecule has 1 aliphatic heterocycles. The maximum atomic E-state index is 13.1. The molecular weight excluding hydrogens is 360 g/mol. The van der Waals surface area contributed by atoms with Gasteiger partial charge in [-0.1, -0.05) is 18.2 Å². The van der Waals surface area contributed by atoms with Crippen LogP contribution in [-0.2, 0) is 29.7 Å². The smallest absolute Gasteiger partial charge is 0.325 e. The molecule has 0 saturated carbocycles. The molecule has 8 heteroatoms. The third-order valence-corrected chi connectivity index (χ3v) is 5.44. The highest BCUT2D eigenvalue weighted by Gasteiger charge is 2.49. The van der Waals surface area contributed by atoms with Crippen LogP contribution in [0.4, 0.5) is 4.79 Å². The molecule has 2 aliphatic rings. The summed E-state index contributed by atoms with van der Waals surface area (Å²) in [6.07, 6.45) is 4.69. The zero-order valence-corrected chi connectivity index (χ0v) is 15.3. The van der Waals surface area contributed by atoms with E-state index in [4.69, 9.17) is 8.83 Å². The van der Waals surface area contributed by atoms with Gasteiger partial charge in [0.1, 0.15) is 12.1 Å². The molecule has 0 unspecified atom stereocenters. The number of imide groups is 1. The van der Waals surface area contributed by atoms with Crippen LogP contribution in [0.1, 0.15) is 35.9 Å². The molecule has 1 aliphatic carbocycles. The maximum absolute atomic E-state index is 13.1. The van der Waals surface area contributed by atoms with Crippen molar-refractivity contribution in [1.29, 1.82) is 0 Å². The molecular formula is C20H18N4O4. The van der Waals surface area contributed by atoms with Crippen LogP contribution in [0.25, 0.3) is 11.7 Å². The van der Waals surface area contributed by atoms with E-state index < -0.39 is 11.6 Å². The van der Waals surface area contributed by atoms with Crippen molar-refractivity contribution < 1.29 is 18.4 Å². The first-order valence-corrected chi connectivity index (χ1v) is 9.17. The van der Waals surface area contributed by atoms with Gasteiger partial charge in [-0.3, -0.25) is 9.69 Å². The van der Waals surface area contributed by atoms with Gasteiger partial charge in [-0.2, -0.15) is 0 Å². The SMILES string of the molecule is C[C@@]1(c2ccc3c(c2)CCC3)NC(=O)N(Cc2nnc(-c3ccco3)o2)C1=O. The Kier molecular flexibility index (Phi) is 3.61. The van der Waals surface area contributed by atoms with Gasteiger partial charge in [-0.05, 0) is 55.0 Å². The molecule has 2 aromatic heterocycles. The normalized spacial score (nSPS) is 21.2. The van der Waals surface area contributed by atoms with Crippen LogP contribution in [0.5, 0.6) is 0 Å². The number of hydrogen-bond donors (Lipinski definition) is 1. The number of carbonyl (C=O) groups is 2. The van der Waals surface area contributed by atoms with E-state index in [9.17, 15) is 9.59 Å². The number of urea groups is 1. The highest BCUT2D eigenvalue weighted by Crippen LogP contribution is 2.33. The van der Waals surface area contributed by atoms with Gasteiger partial charge in [0.05, 0.1) is 6.26 Å². The van der Waals surface area contributed by atoms with Crippen LogP contribution in [0.15, 0.2) is 45.4 Å². The average Bonchev–Trinajstić information content (AvgIpc) is 3.47. The lowest BCUT2D eigenvalue weighted by Gasteiger charge is -2.23. The predicted molar refractivity (Wildman–Crippen MR) is 96.9 cm³/mol. The number of aryl methyl sites for hydroxylation is 2. The van der Waals surface area contributed by atoms with Crippen molar-refractivity contribution in [2.75, 3.05) is 0 Å². The maximum Gasteiger partial charge on any atom is 0.325 e. The monoisotopic (exact) mass is 378 g/mol. The topological polar surface area (TPSA) is 101 Å². The lowest BCUT2D eigenvalue weighted by Crippen LogP contribution is -2.41. The molecule has 3 heterocycles. The second-order valence-corrected chi connectivity index (χ2v) is 7.26. The Hall–Kier alpha value is -3.42. The summed E-state index contributed by atoms with van der Waals surface area (Å²) in [7, 11) is 0. The summed E-state index contributed by atoms with van der Waals surface area (Å²) >= 11 is 0. The van der Waals surface area contributed by atoms with E-state index in [1.54, 1.807) is 19.1 Å². The van der Waals surface area contributed by atoms with E-state index >= 15 is 0 Å². The van der Waals surface area contributed by atoms with Gasteiger partial charge >= 0.3 is 6.03 Å². The van der Waals surface area contributed by atoms with E-state index in [-0.39, 0.29) is 24.2 Å². The lowest BCUT2D eigenvalue weighted by atomic mass is 9.90. The van der Waals surface area contributed by atoms with E-state index in [0.29, 0.717) is 5.76 Å². The second kappa shape index (κ2) is 6.05. The fourth-order valence-electron chi connectivity index (χ4n) is 3.87. The van der Waals surface area contributed by atoms with Crippen molar-refractivity contribution in [1.82, 2.24) is 20.4 Å². The largest absolute Gasteiger partial charge is 0.459 e. The lowest BCUT2D eigenvalue weighted by molar-refractivity contribution is -0.131. The first-order chi connectivity index (χ1) is 13.5. The van der Waals surface area contributed by atoms with Crippen molar-refractivity contribution in [3.05, 3.63) is 59.2 Å². The van der Waals surface area contributed by atoms with Gasteiger partial charge in [0.15, 0.2) is 5.76 Å². The Morgan fingerprint density at radius 2 is 2.04 bits per heavy atom. The van der Waals surface area contributed by atoms with Crippen molar-refractivity contribution in [3.8, 4) is 11.7 Å². The zero-order chi connectivity index (χ0) is 19.3. The molecule has 3 amide bonds. The molecule has 0 bridgehead atoms. The Bertz CT molecular complexity index is 1070. The molecule has 28 heavy (non-hydrogen) atoms. The average molecular weight is 378 g/mol. The Morgan fingerprint density at radius 1 is 1.18 bits per heavy atom. The van der Waals surface area contributed by atoms with Gasteiger partial charge in [0.2, 0.25) is 5.89 Å². The minimum Gasteiger partial charge on any atom is -0.459 e. The van der Waals surface area contributed by atoms with Crippen molar-refractivity contribution in [2.45, 2.75) is 38.3 Å². The van der Waals surface area contributed by atoms with E-state index in [1.807, 2.05) is 12.1 Å². The van der Waals surface area contributed by atoms with Gasteiger partial charge in [-0.25, -0.2) is 4.79 Å². The molecule has 3 aromatic rings. The van der Waals surface area contributed by atoms with Crippen LogP contribution in [0.2, 0.25) is 0 Å². The minimum absolute atomic E-state index is 0.0983. The summed E-state index contributed by atoms with van der Waals surface area (Å²) < 4.78 is 10.7. The molecule has 5 rings (SSSR count). The highest BCUT2D eigenvalue weighted by molar-refractivity contribution is 6.07. The number of hydrogen-bond acceptors (Lipinski definition) is 6. The molecule has 0 radical (unpaired) electrons. The third kappa shape index (κ3) is 2.52. The van der Waals surface area contributed by atoms with Crippen LogP contribution in [0.3, 0.4) is 0 Å². The molecule has 8 nitrogen and oxygen atoms in total. The molecule has 142 valence electrons. The summed E-state index contributed by atoms with van der Waals surface area (Å²) in [6.45, 7) is 1.63. The van der Waals surface area contributed by atoms with Crippen molar-refractivity contribution in [3.63, 3.8) is 0 Å². The number of aromatic nitrogens is 2. The molecule has 1 N–H and O–H groups in total. The molecule has 1 aromatic carbocycles. The van der Waals surface area contributed by atoms with Crippen molar-refractivity contribution >= 4 is 11.9 Å². The number of benzene rings is 1. The summed E-state index contributed by atoms with van der Waals surface area (Å²) in [4.78, 5) is 26.7. The van der Waals surface area contributed by atoms with E-state index in [1.165, 1.54) is 17.4 Å². The van der Waals surface area contributed by atoms with Gasteiger partial charge < -0.3 is 14.2 Å². The number of carbonyl (C=O) groups excluding carboxylic acids is 2. The number of nitrogens with one attached hydrogen (secondary N) is 1. The molecule has 1 fully saturated rings. The summed E-state index contributed by atoms with van der Waals surface area (Å²) in [5.41, 5.74) is 2.24. The molecule has 1 saturated heterocycles. The van der Waals surface area contributed by atoms with Crippen LogP contribution in [-0.4, -0.2) is 27.0 Å². The highest BCUT2D eigenvalue weighted by atomic mass is 16.4. The van der Waals surface area contributed by atoms with Crippen LogP contribution in [0, 0.1) is 0 Å². The standard InChI is InChI=1S/C20H18N4O4/c1-20(14-8-7-12-4-2-5-13(12)10-14)18(25)24(19(26)21-20)11-16-22-23-17(28-16)15-6-3-9-27-15/h3,6-10H,2,4-5,11H2,1H3,(H,21,26)/t20-/m0/s1. The number of amides is 3. The summed E-state index contributed by atoms with van der Waals surface area (Å²) in [5, 5.41) is 10.6. The van der Waals surface area contributed by atoms with Crippen LogP contribution >= 0.6 is 0 Å². The number of rotatable bonds is 4. The Morgan fingerprint density at radius 3 is 2.86 bits per heavy atom. The first-order valence-electron chi connectivity index (χ1n) is 9.17. The Labute approximate surface area is 160 Å². The third-order valence-electron chi connectivity index (χ3n) is 5.44. The fourth-order valence-corrected chi connectivity index (χ4v) is 3.87. The fraction of sp³-hybridized carbons (Fsp3) is 0.300. The van der Waals surface area contributed by atoms with Gasteiger partial charge in [0, 0.05) is 0 Å². The number of nitrogens with zero attached hydrogens (tertiary/aromatic N) is 3. The quantitative estimate of drug-likeness (QED) is 0.701. The molecule has 1 atom stereocenters. The first kappa shape index (κ1) is 16.7. The van der Waals surface area contributed by atoms with Gasteiger partial charge in [-0.15, -0.1) is 10.2 Å². The Balaban J connectivity index is 1.40.